The maximum Gasteiger partial charge on any atom is 0.305 e. The fraction of sp³-hybridized carbons (Fsp3) is 0.500. The molecule has 1 atom stereocenters. The van der Waals surface area contributed by atoms with Crippen LogP contribution in [0.25, 0.3) is 0 Å². The molecule has 1 unspecified atom stereocenters. The van der Waals surface area contributed by atoms with Crippen LogP contribution in [0.2, 0.25) is 0 Å². The van der Waals surface area contributed by atoms with Gasteiger partial charge < -0.3 is 5.11 Å². The third kappa shape index (κ3) is 2.88. The molecule has 0 heterocycles. The summed E-state index contributed by atoms with van der Waals surface area (Å²) < 4.78 is 13.9. The summed E-state index contributed by atoms with van der Waals surface area (Å²) in [5, 5.41) is 9.09. The van der Waals surface area contributed by atoms with E-state index in [1.165, 1.54) is 6.07 Å². The molecule has 100 valence electrons. The van der Waals surface area contributed by atoms with Crippen LogP contribution < -0.4 is 0 Å². The average molecular weight is 253 g/mol. The Bertz CT molecular complexity index is 418. The van der Waals surface area contributed by atoms with Crippen molar-refractivity contribution in [3.8, 4) is 0 Å². The second kappa shape index (κ2) is 5.96. The molecule has 0 aliphatic carbocycles. The lowest BCUT2D eigenvalue weighted by Gasteiger charge is -2.40. The van der Waals surface area contributed by atoms with Crippen LogP contribution in [0.4, 0.5) is 4.39 Å². The highest BCUT2D eigenvalue weighted by Crippen LogP contribution is 2.33. The predicted octanol–water partition coefficient (Wildman–Crippen LogP) is 2.86. The first-order valence-electron chi connectivity index (χ1n) is 6.17. The number of aliphatic carboxylic acids is 1. The van der Waals surface area contributed by atoms with Crippen LogP contribution in [0, 0.1) is 5.82 Å². The monoisotopic (exact) mass is 253 g/mol. The van der Waals surface area contributed by atoms with Gasteiger partial charge in [0.15, 0.2) is 0 Å². The van der Waals surface area contributed by atoms with E-state index in [1.807, 2.05) is 18.7 Å². The van der Waals surface area contributed by atoms with Crippen molar-refractivity contribution in [2.45, 2.75) is 32.7 Å². The quantitative estimate of drug-likeness (QED) is 0.847. The third-order valence-electron chi connectivity index (χ3n) is 3.41. The number of carbonyl (C=O) groups is 1. The molecule has 0 aliphatic heterocycles. The van der Waals surface area contributed by atoms with Gasteiger partial charge in [-0.3, -0.25) is 9.69 Å². The lowest BCUT2D eigenvalue weighted by atomic mass is 9.86. The number of nitrogens with zero attached hydrogens (tertiary/aromatic N) is 1. The van der Waals surface area contributed by atoms with Gasteiger partial charge in [-0.1, -0.05) is 32.0 Å². The van der Waals surface area contributed by atoms with Gasteiger partial charge in [-0.15, -0.1) is 0 Å². The van der Waals surface area contributed by atoms with Gasteiger partial charge in [-0.25, -0.2) is 4.39 Å². The smallest absolute Gasteiger partial charge is 0.305 e. The van der Waals surface area contributed by atoms with E-state index in [0.29, 0.717) is 18.7 Å². The van der Waals surface area contributed by atoms with Crippen LogP contribution in [0.15, 0.2) is 24.3 Å². The summed E-state index contributed by atoms with van der Waals surface area (Å²) in [5.41, 5.74) is -0.378. The summed E-state index contributed by atoms with van der Waals surface area (Å²) in [6, 6.07) is 6.39. The molecule has 0 aliphatic rings. The molecule has 0 bridgehead atoms. The summed E-state index contributed by atoms with van der Waals surface area (Å²) in [6.45, 7) is 7.03. The summed E-state index contributed by atoms with van der Waals surface area (Å²) in [4.78, 5) is 13.1. The van der Waals surface area contributed by atoms with Gasteiger partial charge in [-0.05, 0) is 26.1 Å². The highest BCUT2D eigenvalue weighted by atomic mass is 19.1. The minimum absolute atomic E-state index is 0.115. The Labute approximate surface area is 107 Å². The molecule has 1 rings (SSSR count). The van der Waals surface area contributed by atoms with Gasteiger partial charge in [0.1, 0.15) is 5.82 Å². The van der Waals surface area contributed by atoms with Crippen molar-refractivity contribution in [3.63, 3.8) is 0 Å². The third-order valence-corrected chi connectivity index (χ3v) is 3.41. The molecular formula is C14H20FNO2. The molecule has 0 saturated carbocycles. The standard InChI is InChI=1S/C14H20FNO2/c1-4-16(5-2)14(3,10-13(17)18)11-8-6-7-9-12(11)15/h6-9H,4-5,10H2,1-3H3,(H,17,18). The molecule has 1 aromatic carbocycles. The highest BCUT2D eigenvalue weighted by Gasteiger charge is 2.36. The van der Waals surface area contributed by atoms with E-state index in [0.717, 1.165) is 0 Å². The zero-order valence-corrected chi connectivity index (χ0v) is 11.1. The average Bonchev–Trinajstić information content (AvgIpc) is 2.29. The molecule has 18 heavy (non-hydrogen) atoms. The van der Waals surface area contributed by atoms with E-state index in [9.17, 15) is 9.18 Å². The molecule has 4 heteroatoms. The van der Waals surface area contributed by atoms with Crippen LogP contribution >= 0.6 is 0 Å². The number of rotatable bonds is 6. The van der Waals surface area contributed by atoms with Crippen LogP contribution in [0.5, 0.6) is 0 Å². The molecule has 0 amide bonds. The first-order valence-corrected chi connectivity index (χ1v) is 6.17. The lowest BCUT2D eigenvalue weighted by Crippen LogP contribution is -2.45. The Hall–Kier alpha value is -1.42. The maximum atomic E-state index is 13.9. The largest absolute Gasteiger partial charge is 0.481 e. The van der Waals surface area contributed by atoms with Crippen molar-refractivity contribution < 1.29 is 14.3 Å². The topological polar surface area (TPSA) is 40.5 Å². The van der Waals surface area contributed by atoms with Crippen LogP contribution in [-0.4, -0.2) is 29.1 Å². The molecule has 0 radical (unpaired) electrons. The molecule has 0 fully saturated rings. The second-order valence-corrected chi connectivity index (χ2v) is 4.50. The zero-order chi connectivity index (χ0) is 13.8. The Morgan fingerprint density at radius 3 is 2.33 bits per heavy atom. The van der Waals surface area contributed by atoms with Crippen LogP contribution in [0.1, 0.15) is 32.8 Å². The van der Waals surface area contributed by atoms with Crippen molar-refractivity contribution in [1.29, 1.82) is 0 Å². The zero-order valence-electron chi connectivity index (χ0n) is 11.1. The summed E-state index contributed by atoms with van der Waals surface area (Å²) in [5.74, 6) is -1.28. The number of halogens is 1. The minimum Gasteiger partial charge on any atom is -0.481 e. The first-order chi connectivity index (χ1) is 8.45. The minimum atomic E-state index is -0.923. The Kier molecular flexibility index (Phi) is 4.84. The molecule has 3 nitrogen and oxygen atoms in total. The van der Waals surface area contributed by atoms with Crippen molar-refractivity contribution in [1.82, 2.24) is 4.90 Å². The van der Waals surface area contributed by atoms with E-state index in [2.05, 4.69) is 0 Å². The number of hydrogen-bond acceptors (Lipinski definition) is 2. The van der Waals surface area contributed by atoms with Crippen molar-refractivity contribution in [2.24, 2.45) is 0 Å². The van der Waals surface area contributed by atoms with E-state index >= 15 is 0 Å². The number of benzene rings is 1. The van der Waals surface area contributed by atoms with Gasteiger partial charge in [0.2, 0.25) is 0 Å². The van der Waals surface area contributed by atoms with E-state index < -0.39 is 11.5 Å². The number of hydrogen-bond donors (Lipinski definition) is 1. The van der Waals surface area contributed by atoms with Crippen LogP contribution in [0.3, 0.4) is 0 Å². The van der Waals surface area contributed by atoms with Gasteiger partial charge in [-0.2, -0.15) is 0 Å². The molecule has 0 spiro atoms. The summed E-state index contributed by atoms with van der Waals surface area (Å²) in [6.07, 6.45) is -0.115. The normalized spacial score (nSPS) is 14.5. The van der Waals surface area contributed by atoms with E-state index in [4.69, 9.17) is 5.11 Å². The Morgan fingerprint density at radius 1 is 1.33 bits per heavy atom. The van der Waals surface area contributed by atoms with Crippen molar-refractivity contribution in [3.05, 3.63) is 35.6 Å². The number of carboxylic acid groups (broad SMARTS) is 1. The maximum absolute atomic E-state index is 13.9. The molecule has 1 aromatic rings. The van der Waals surface area contributed by atoms with Crippen molar-refractivity contribution in [2.75, 3.05) is 13.1 Å². The molecular weight excluding hydrogens is 233 g/mol. The van der Waals surface area contributed by atoms with Gasteiger partial charge in [0.05, 0.1) is 12.0 Å². The summed E-state index contributed by atoms with van der Waals surface area (Å²) in [7, 11) is 0. The van der Waals surface area contributed by atoms with Gasteiger partial charge in [0.25, 0.3) is 0 Å². The van der Waals surface area contributed by atoms with Gasteiger partial charge >= 0.3 is 5.97 Å². The Balaban J connectivity index is 3.27. The number of carboxylic acids is 1. The fourth-order valence-corrected chi connectivity index (χ4v) is 2.49. The van der Waals surface area contributed by atoms with E-state index in [1.54, 1.807) is 25.1 Å². The SMILES string of the molecule is CCN(CC)C(C)(CC(=O)O)c1ccccc1F. The molecule has 0 aromatic heterocycles. The highest BCUT2D eigenvalue weighted by molar-refractivity contribution is 5.69. The molecule has 1 N–H and O–H groups in total. The summed E-state index contributed by atoms with van der Waals surface area (Å²) >= 11 is 0. The Morgan fingerprint density at radius 2 is 1.89 bits per heavy atom. The molecule has 0 saturated heterocycles. The van der Waals surface area contributed by atoms with E-state index in [-0.39, 0.29) is 12.2 Å². The first kappa shape index (κ1) is 14.6. The van der Waals surface area contributed by atoms with Crippen molar-refractivity contribution >= 4 is 5.97 Å². The predicted molar refractivity (Wildman–Crippen MR) is 68.9 cm³/mol. The lowest BCUT2D eigenvalue weighted by molar-refractivity contribution is -0.140. The van der Waals surface area contributed by atoms with Crippen LogP contribution in [-0.2, 0) is 10.3 Å². The fourth-order valence-electron chi connectivity index (χ4n) is 2.49. The second-order valence-electron chi connectivity index (χ2n) is 4.50. The van der Waals surface area contributed by atoms with Gasteiger partial charge in [0, 0.05) is 5.56 Å².